The molecule has 2 heterocycles. The maximum Gasteiger partial charge on any atom is 0.261 e. The third-order valence-corrected chi connectivity index (χ3v) is 4.49. The number of hydrogen-bond donors (Lipinski definition) is 1. The molecule has 1 aliphatic rings. The zero-order valence-corrected chi connectivity index (χ0v) is 14.5. The number of carbonyl (C=O) groups is 1. The predicted molar refractivity (Wildman–Crippen MR) is 94.7 cm³/mol. The largest absolute Gasteiger partial charge is 0.369 e. The lowest BCUT2D eigenvalue weighted by molar-refractivity contribution is 0.102. The van der Waals surface area contributed by atoms with Crippen molar-refractivity contribution < 1.29 is 9.32 Å². The molecule has 0 radical (unpaired) electrons. The van der Waals surface area contributed by atoms with E-state index in [2.05, 4.69) is 39.5 Å². The first kappa shape index (κ1) is 16.5. The summed E-state index contributed by atoms with van der Waals surface area (Å²) in [6.07, 6.45) is 0.669. The molecule has 2 aromatic rings. The van der Waals surface area contributed by atoms with Gasteiger partial charge in [-0.25, -0.2) is 0 Å². The van der Waals surface area contributed by atoms with Crippen molar-refractivity contribution >= 4 is 17.3 Å². The molecule has 1 aromatic carbocycles. The van der Waals surface area contributed by atoms with Crippen LogP contribution in [-0.4, -0.2) is 49.2 Å². The molecule has 0 atom stereocenters. The van der Waals surface area contributed by atoms with Gasteiger partial charge in [0.15, 0.2) is 0 Å². The summed E-state index contributed by atoms with van der Waals surface area (Å²) in [4.78, 5) is 17.2. The van der Waals surface area contributed by atoms with Crippen LogP contribution in [0.1, 0.15) is 28.7 Å². The van der Waals surface area contributed by atoms with Gasteiger partial charge in [0.05, 0.1) is 5.69 Å². The van der Waals surface area contributed by atoms with Crippen molar-refractivity contribution in [3.05, 3.63) is 41.3 Å². The van der Waals surface area contributed by atoms with Crippen LogP contribution in [0.3, 0.4) is 0 Å². The number of nitrogens with one attached hydrogen (secondary N) is 1. The molecule has 1 aromatic heterocycles. The number of anilines is 2. The maximum atomic E-state index is 12.5. The van der Waals surface area contributed by atoms with Gasteiger partial charge in [-0.3, -0.25) is 4.79 Å². The number of piperazine rings is 1. The normalized spacial score (nSPS) is 15.5. The van der Waals surface area contributed by atoms with Gasteiger partial charge >= 0.3 is 0 Å². The Morgan fingerprint density at radius 2 is 1.88 bits per heavy atom. The van der Waals surface area contributed by atoms with E-state index in [0.717, 1.165) is 31.9 Å². The molecule has 0 unspecified atom stereocenters. The Hall–Kier alpha value is -2.34. The number of hydrogen-bond acceptors (Lipinski definition) is 5. The smallest absolute Gasteiger partial charge is 0.261 e. The molecule has 1 saturated heterocycles. The first-order valence-corrected chi connectivity index (χ1v) is 8.38. The summed E-state index contributed by atoms with van der Waals surface area (Å²) in [5, 5.41) is 6.86. The highest BCUT2D eigenvalue weighted by Crippen LogP contribution is 2.21. The molecular weight excluding hydrogens is 304 g/mol. The number of benzene rings is 1. The van der Waals surface area contributed by atoms with Crippen LogP contribution in [0.15, 0.2) is 28.8 Å². The molecule has 1 aliphatic heterocycles. The second-order valence-electron chi connectivity index (χ2n) is 6.21. The van der Waals surface area contributed by atoms with Crippen molar-refractivity contribution in [1.82, 2.24) is 10.1 Å². The van der Waals surface area contributed by atoms with Gasteiger partial charge in [0, 0.05) is 37.6 Å². The fraction of sp³-hybridized carbons (Fsp3) is 0.444. The molecule has 0 saturated carbocycles. The Labute approximate surface area is 142 Å². The number of carbonyl (C=O) groups excluding carboxylic acids is 1. The standard InChI is InChI=1S/C18H24N4O2/c1-4-16-17(13(2)24-20-16)18(23)19-14-5-7-15(8-6-14)22-11-9-21(3)10-12-22/h5-8H,4,9-12H2,1-3H3,(H,19,23). The van der Waals surface area contributed by atoms with Crippen LogP contribution in [0.5, 0.6) is 0 Å². The Balaban J connectivity index is 1.68. The summed E-state index contributed by atoms with van der Waals surface area (Å²) >= 11 is 0. The molecule has 128 valence electrons. The molecule has 24 heavy (non-hydrogen) atoms. The van der Waals surface area contributed by atoms with E-state index in [4.69, 9.17) is 4.52 Å². The van der Waals surface area contributed by atoms with E-state index in [1.54, 1.807) is 6.92 Å². The van der Waals surface area contributed by atoms with Gasteiger partial charge in [0.1, 0.15) is 11.3 Å². The van der Waals surface area contributed by atoms with Crippen LogP contribution >= 0.6 is 0 Å². The van der Waals surface area contributed by atoms with E-state index in [1.807, 2.05) is 19.1 Å². The summed E-state index contributed by atoms with van der Waals surface area (Å²) in [5.41, 5.74) is 3.21. The third kappa shape index (κ3) is 3.43. The van der Waals surface area contributed by atoms with Crippen LogP contribution in [0.2, 0.25) is 0 Å². The quantitative estimate of drug-likeness (QED) is 0.934. The average molecular weight is 328 g/mol. The lowest BCUT2D eigenvalue weighted by atomic mass is 10.1. The molecule has 0 spiro atoms. The van der Waals surface area contributed by atoms with Gasteiger partial charge in [-0.05, 0) is 44.7 Å². The first-order valence-electron chi connectivity index (χ1n) is 8.38. The Bertz CT molecular complexity index is 700. The van der Waals surface area contributed by atoms with Crippen LogP contribution in [-0.2, 0) is 6.42 Å². The van der Waals surface area contributed by atoms with Crippen LogP contribution in [0.25, 0.3) is 0 Å². The van der Waals surface area contributed by atoms with Crippen LogP contribution in [0, 0.1) is 6.92 Å². The van der Waals surface area contributed by atoms with Crippen molar-refractivity contribution in [3.8, 4) is 0 Å². The van der Waals surface area contributed by atoms with E-state index < -0.39 is 0 Å². The average Bonchev–Trinajstić information content (AvgIpc) is 2.97. The highest BCUT2D eigenvalue weighted by Gasteiger charge is 2.19. The number of amides is 1. The molecular formula is C18H24N4O2. The van der Waals surface area contributed by atoms with E-state index in [-0.39, 0.29) is 5.91 Å². The zero-order valence-electron chi connectivity index (χ0n) is 14.5. The van der Waals surface area contributed by atoms with Crippen molar-refractivity contribution in [1.29, 1.82) is 0 Å². The summed E-state index contributed by atoms with van der Waals surface area (Å²) < 4.78 is 5.13. The van der Waals surface area contributed by atoms with Gasteiger partial charge < -0.3 is 19.6 Å². The number of likely N-dealkylation sites (N-methyl/N-ethyl adjacent to an activating group) is 1. The Morgan fingerprint density at radius 1 is 1.21 bits per heavy atom. The Kier molecular flexibility index (Phi) is 4.85. The Morgan fingerprint density at radius 3 is 2.50 bits per heavy atom. The lowest BCUT2D eigenvalue weighted by Crippen LogP contribution is -2.44. The number of aromatic nitrogens is 1. The number of nitrogens with zero attached hydrogens (tertiary/aromatic N) is 3. The monoisotopic (exact) mass is 328 g/mol. The highest BCUT2D eigenvalue weighted by molar-refractivity contribution is 6.05. The topological polar surface area (TPSA) is 61.6 Å². The predicted octanol–water partition coefficient (Wildman–Crippen LogP) is 2.55. The maximum absolute atomic E-state index is 12.5. The van der Waals surface area contributed by atoms with Gasteiger partial charge in [-0.2, -0.15) is 0 Å². The minimum absolute atomic E-state index is 0.169. The van der Waals surface area contributed by atoms with E-state index in [0.29, 0.717) is 23.4 Å². The van der Waals surface area contributed by atoms with Crippen molar-refractivity contribution in [2.45, 2.75) is 20.3 Å². The van der Waals surface area contributed by atoms with Gasteiger partial charge in [0.2, 0.25) is 0 Å². The highest BCUT2D eigenvalue weighted by atomic mass is 16.5. The molecule has 6 nitrogen and oxygen atoms in total. The van der Waals surface area contributed by atoms with Crippen LogP contribution < -0.4 is 10.2 Å². The van der Waals surface area contributed by atoms with Gasteiger partial charge in [-0.15, -0.1) is 0 Å². The van der Waals surface area contributed by atoms with Gasteiger partial charge in [0.25, 0.3) is 5.91 Å². The molecule has 3 rings (SSSR count). The summed E-state index contributed by atoms with van der Waals surface area (Å²) in [7, 11) is 2.15. The van der Waals surface area contributed by atoms with E-state index in [1.165, 1.54) is 5.69 Å². The molecule has 1 fully saturated rings. The van der Waals surface area contributed by atoms with E-state index >= 15 is 0 Å². The lowest BCUT2D eigenvalue weighted by Gasteiger charge is -2.34. The van der Waals surface area contributed by atoms with Crippen molar-refractivity contribution in [2.24, 2.45) is 0 Å². The molecule has 0 bridgehead atoms. The minimum atomic E-state index is -0.169. The van der Waals surface area contributed by atoms with Crippen LogP contribution in [0.4, 0.5) is 11.4 Å². The van der Waals surface area contributed by atoms with Crippen molar-refractivity contribution in [2.75, 3.05) is 43.4 Å². The van der Waals surface area contributed by atoms with E-state index in [9.17, 15) is 4.79 Å². The van der Waals surface area contributed by atoms with Crippen molar-refractivity contribution in [3.63, 3.8) is 0 Å². The fourth-order valence-corrected chi connectivity index (χ4v) is 2.96. The van der Waals surface area contributed by atoms with Gasteiger partial charge in [-0.1, -0.05) is 12.1 Å². The molecule has 1 N–H and O–H groups in total. The minimum Gasteiger partial charge on any atom is -0.369 e. The number of rotatable bonds is 4. The number of aryl methyl sites for hydroxylation is 2. The third-order valence-electron chi connectivity index (χ3n) is 4.49. The second-order valence-corrected chi connectivity index (χ2v) is 6.21. The molecule has 1 amide bonds. The first-order chi connectivity index (χ1) is 11.6. The summed E-state index contributed by atoms with van der Waals surface area (Å²) in [5.74, 6) is 0.386. The fourth-order valence-electron chi connectivity index (χ4n) is 2.96. The summed E-state index contributed by atoms with van der Waals surface area (Å²) in [6.45, 7) is 7.93. The summed E-state index contributed by atoms with van der Waals surface area (Å²) in [6, 6.07) is 8.00. The molecule has 0 aliphatic carbocycles. The molecule has 6 heteroatoms. The second kappa shape index (κ2) is 7.05. The zero-order chi connectivity index (χ0) is 17.1. The SMILES string of the molecule is CCc1noc(C)c1C(=O)Nc1ccc(N2CCN(C)CC2)cc1.